The van der Waals surface area contributed by atoms with E-state index in [0.717, 1.165) is 0 Å². The monoisotopic (exact) mass is 150 g/mol. The zero-order valence-corrected chi connectivity index (χ0v) is 6.19. The lowest BCUT2D eigenvalue weighted by atomic mass is 10.3. The van der Waals surface area contributed by atoms with Crippen molar-refractivity contribution in [2.45, 2.75) is 32.3 Å². The molecule has 4 nitrogen and oxygen atoms in total. The molecule has 0 aliphatic heterocycles. The van der Waals surface area contributed by atoms with Gasteiger partial charge in [0.05, 0.1) is 18.8 Å². The molecule has 0 heterocycles. The van der Waals surface area contributed by atoms with Crippen LogP contribution >= 0.6 is 0 Å². The van der Waals surface area contributed by atoms with Crippen LogP contribution in [0.2, 0.25) is 0 Å². The van der Waals surface area contributed by atoms with Crippen molar-refractivity contribution in [3.05, 3.63) is 0 Å². The third-order valence-electron chi connectivity index (χ3n) is 1.21. The summed E-state index contributed by atoms with van der Waals surface area (Å²) in [5, 5.41) is 25.9. The van der Waals surface area contributed by atoms with Crippen molar-refractivity contribution in [3.63, 3.8) is 0 Å². The van der Waals surface area contributed by atoms with Crippen LogP contribution in [0, 0.1) is 0 Å². The van der Waals surface area contributed by atoms with Gasteiger partial charge in [-0.05, 0) is 13.8 Å². The molecule has 0 aromatic heterocycles. The number of aliphatic hydroxyl groups is 3. The molecule has 0 spiro atoms. The van der Waals surface area contributed by atoms with E-state index in [4.69, 9.17) is 20.1 Å². The molecule has 0 aliphatic carbocycles. The smallest absolute Gasteiger partial charge is 0.178 e. The van der Waals surface area contributed by atoms with Crippen LogP contribution in [0.4, 0.5) is 0 Å². The van der Waals surface area contributed by atoms with Gasteiger partial charge in [0.2, 0.25) is 0 Å². The van der Waals surface area contributed by atoms with Gasteiger partial charge in [0.25, 0.3) is 0 Å². The molecular formula is C6H14O4. The van der Waals surface area contributed by atoms with E-state index in [2.05, 4.69) is 0 Å². The first-order valence-electron chi connectivity index (χ1n) is 3.20. The zero-order chi connectivity index (χ0) is 8.15. The van der Waals surface area contributed by atoms with Gasteiger partial charge in [-0.3, -0.25) is 0 Å². The van der Waals surface area contributed by atoms with E-state index in [1.807, 2.05) is 0 Å². The molecule has 0 aromatic carbocycles. The highest BCUT2D eigenvalue weighted by molar-refractivity contribution is 4.57. The van der Waals surface area contributed by atoms with Crippen molar-refractivity contribution in [1.29, 1.82) is 0 Å². The van der Waals surface area contributed by atoms with Crippen LogP contribution in [0.1, 0.15) is 13.8 Å². The molecule has 0 bridgehead atoms. The fourth-order valence-corrected chi connectivity index (χ4v) is 0.405. The summed E-state index contributed by atoms with van der Waals surface area (Å²) in [6, 6.07) is 0. The molecule has 4 heteroatoms. The first-order chi connectivity index (χ1) is 4.57. The minimum atomic E-state index is -1.19. The highest BCUT2D eigenvalue weighted by Crippen LogP contribution is 1.99. The molecule has 10 heavy (non-hydrogen) atoms. The van der Waals surface area contributed by atoms with Crippen LogP contribution in [0.25, 0.3) is 0 Å². The fraction of sp³-hybridized carbons (Fsp3) is 1.00. The topological polar surface area (TPSA) is 69.9 Å². The first kappa shape index (κ1) is 9.84. The van der Waals surface area contributed by atoms with E-state index in [1.165, 1.54) is 0 Å². The van der Waals surface area contributed by atoms with Crippen molar-refractivity contribution < 1.29 is 20.1 Å². The Kier molecular flexibility index (Phi) is 4.55. The molecule has 3 N–H and O–H groups in total. The summed E-state index contributed by atoms with van der Waals surface area (Å²) < 4.78 is 4.72. The van der Waals surface area contributed by atoms with Crippen molar-refractivity contribution >= 4 is 0 Å². The molecule has 0 aromatic rings. The Bertz CT molecular complexity index is 83.8. The highest BCUT2D eigenvalue weighted by Gasteiger charge is 2.12. The van der Waals surface area contributed by atoms with Crippen LogP contribution in [-0.4, -0.2) is 40.4 Å². The molecule has 62 valence electrons. The van der Waals surface area contributed by atoms with E-state index < -0.39 is 25.1 Å². The Balaban J connectivity index is 3.46. The summed E-state index contributed by atoms with van der Waals surface area (Å²) in [7, 11) is 0. The second kappa shape index (κ2) is 4.62. The van der Waals surface area contributed by atoms with Gasteiger partial charge in [-0.1, -0.05) is 0 Å². The number of ether oxygens (including phenoxy) is 1. The van der Waals surface area contributed by atoms with Crippen molar-refractivity contribution in [2.75, 3.05) is 6.61 Å². The third-order valence-corrected chi connectivity index (χ3v) is 1.21. The molecule has 0 saturated carbocycles. The Labute approximate surface area is 60.1 Å². The molecule has 0 amide bonds. The van der Waals surface area contributed by atoms with Crippen LogP contribution in [-0.2, 0) is 4.74 Å². The second-order valence-corrected chi connectivity index (χ2v) is 2.22. The van der Waals surface area contributed by atoms with E-state index >= 15 is 0 Å². The largest absolute Gasteiger partial charge is 0.391 e. The quantitative estimate of drug-likeness (QED) is 0.453. The lowest BCUT2D eigenvalue weighted by Crippen LogP contribution is -2.30. The van der Waals surface area contributed by atoms with Gasteiger partial charge in [-0.2, -0.15) is 0 Å². The summed E-state index contributed by atoms with van der Waals surface area (Å²) >= 11 is 0. The maximum absolute atomic E-state index is 8.85. The van der Waals surface area contributed by atoms with Gasteiger partial charge >= 0.3 is 0 Å². The average Bonchev–Trinajstić information content (AvgIpc) is 1.87. The molecular weight excluding hydrogens is 136 g/mol. The van der Waals surface area contributed by atoms with Crippen LogP contribution < -0.4 is 0 Å². The standard InChI is InChI=1S/C6H14O4/c1-4(8)5(2)10-6(9)3-7/h4-9H,3H2,1-2H3/t4-,5?,6?/m1/s1. The fourth-order valence-electron chi connectivity index (χ4n) is 0.405. The molecule has 0 aliphatic rings. The summed E-state index contributed by atoms with van der Waals surface area (Å²) in [6.07, 6.45) is -2.28. The Morgan fingerprint density at radius 2 is 1.80 bits per heavy atom. The molecule has 2 unspecified atom stereocenters. The number of hydrogen-bond donors (Lipinski definition) is 3. The first-order valence-corrected chi connectivity index (χ1v) is 3.20. The van der Waals surface area contributed by atoms with E-state index in [0.29, 0.717) is 0 Å². The van der Waals surface area contributed by atoms with Crippen molar-refractivity contribution in [3.8, 4) is 0 Å². The second-order valence-electron chi connectivity index (χ2n) is 2.22. The molecule has 0 radical (unpaired) electrons. The van der Waals surface area contributed by atoms with E-state index in [9.17, 15) is 0 Å². The summed E-state index contributed by atoms with van der Waals surface area (Å²) in [5.74, 6) is 0. The summed E-state index contributed by atoms with van der Waals surface area (Å²) in [6.45, 7) is 2.72. The third kappa shape index (κ3) is 3.79. The van der Waals surface area contributed by atoms with E-state index in [1.54, 1.807) is 13.8 Å². The molecule has 0 saturated heterocycles. The number of aliphatic hydroxyl groups excluding tert-OH is 3. The van der Waals surface area contributed by atoms with Crippen LogP contribution in [0.15, 0.2) is 0 Å². The normalized spacial score (nSPS) is 20.1. The number of rotatable bonds is 4. The predicted molar refractivity (Wildman–Crippen MR) is 35.3 cm³/mol. The lowest BCUT2D eigenvalue weighted by Gasteiger charge is -2.18. The number of hydrogen-bond acceptors (Lipinski definition) is 4. The SMILES string of the molecule is CC(OC(O)CO)[C@@H](C)O. The van der Waals surface area contributed by atoms with Gasteiger partial charge < -0.3 is 20.1 Å². The van der Waals surface area contributed by atoms with Gasteiger partial charge in [-0.25, -0.2) is 0 Å². The molecule has 0 fully saturated rings. The molecule has 0 rings (SSSR count). The Hall–Kier alpha value is -0.160. The van der Waals surface area contributed by atoms with Gasteiger partial charge in [0.15, 0.2) is 6.29 Å². The predicted octanol–water partition coefficient (Wildman–Crippen LogP) is -0.917. The van der Waals surface area contributed by atoms with Gasteiger partial charge in [-0.15, -0.1) is 0 Å². The summed E-state index contributed by atoms with van der Waals surface area (Å²) in [4.78, 5) is 0. The van der Waals surface area contributed by atoms with Gasteiger partial charge in [0, 0.05) is 0 Å². The Morgan fingerprint density at radius 3 is 2.10 bits per heavy atom. The highest BCUT2D eigenvalue weighted by atomic mass is 16.6. The van der Waals surface area contributed by atoms with Crippen molar-refractivity contribution in [1.82, 2.24) is 0 Å². The van der Waals surface area contributed by atoms with E-state index in [-0.39, 0.29) is 0 Å². The maximum atomic E-state index is 8.85. The minimum Gasteiger partial charge on any atom is -0.391 e. The zero-order valence-electron chi connectivity index (χ0n) is 6.19. The Morgan fingerprint density at radius 1 is 1.30 bits per heavy atom. The maximum Gasteiger partial charge on any atom is 0.178 e. The van der Waals surface area contributed by atoms with Crippen LogP contribution in [0.5, 0.6) is 0 Å². The van der Waals surface area contributed by atoms with Crippen molar-refractivity contribution in [2.24, 2.45) is 0 Å². The van der Waals surface area contributed by atoms with Crippen LogP contribution in [0.3, 0.4) is 0 Å². The lowest BCUT2D eigenvalue weighted by molar-refractivity contribution is -0.172. The summed E-state index contributed by atoms with van der Waals surface area (Å²) in [5.41, 5.74) is 0. The minimum absolute atomic E-state index is 0.447. The molecule has 3 atom stereocenters. The van der Waals surface area contributed by atoms with Gasteiger partial charge in [0.1, 0.15) is 0 Å². The average molecular weight is 150 g/mol.